The molecule has 6 aromatic rings. The fourth-order valence-electron chi connectivity index (χ4n) is 4.37. The van der Waals surface area contributed by atoms with Gasteiger partial charge in [-0.15, -0.1) is 0 Å². The van der Waals surface area contributed by atoms with E-state index in [0.29, 0.717) is 33.4 Å². The molecule has 4 aromatic heterocycles. The summed E-state index contributed by atoms with van der Waals surface area (Å²) in [4.78, 5) is 12.0. The minimum Gasteiger partial charge on any atom is -0.364 e. The Morgan fingerprint density at radius 1 is 1.03 bits per heavy atom. The molecule has 174 valence electrons. The van der Waals surface area contributed by atoms with Gasteiger partial charge in [0.1, 0.15) is 5.82 Å². The Morgan fingerprint density at radius 3 is 2.80 bits per heavy atom. The summed E-state index contributed by atoms with van der Waals surface area (Å²) in [6, 6.07) is 13.3. The molecular weight excluding hydrogens is 486 g/mol. The highest BCUT2D eigenvalue weighted by molar-refractivity contribution is 6.35. The zero-order chi connectivity index (χ0) is 24.1. The molecule has 4 heterocycles. The maximum Gasteiger partial charge on any atom is 0.156 e. The van der Waals surface area contributed by atoms with E-state index >= 15 is 0 Å². The first-order valence-electron chi connectivity index (χ1n) is 11.0. The molecule has 0 aliphatic carbocycles. The number of hydrogen-bond donors (Lipinski definition) is 2. The molecule has 0 amide bonds. The van der Waals surface area contributed by atoms with Crippen LogP contribution in [0.3, 0.4) is 0 Å². The van der Waals surface area contributed by atoms with Crippen molar-refractivity contribution in [2.24, 2.45) is 7.05 Å². The van der Waals surface area contributed by atoms with Gasteiger partial charge >= 0.3 is 0 Å². The molecule has 0 radical (unpaired) electrons. The van der Waals surface area contributed by atoms with Crippen molar-refractivity contribution in [2.75, 3.05) is 5.32 Å². The predicted octanol–water partition coefficient (Wildman–Crippen LogP) is 6.65. The first kappa shape index (κ1) is 21.8. The van der Waals surface area contributed by atoms with Gasteiger partial charge in [0, 0.05) is 65.3 Å². The molecule has 9 heteroatoms. The predicted molar refractivity (Wildman–Crippen MR) is 139 cm³/mol. The second-order valence-corrected chi connectivity index (χ2v) is 9.35. The first-order valence-corrected chi connectivity index (χ1v) is 11.7. The van der Waals surface area contributed by atoms with Crippen LogP contribution in [0.1, 0.15) is 16.8 Å². The fourth-order valence-corrected chi connectivity index (χ4v) is 4.74. The number of hydrogen-bond acceptors (Lipinski definition) is 4. The van der Waals surface area contributed by atoms with E-state index in [4.69, 9.17) is 23.2 Å². The smallest absolute Gasteiger partial charge is 0.156 e. The average molecular weight is 505 g/mol. The highest BCUT2D eigenvalue weighted by Gasteiger charge is 2.13. The number of nitrogens with one attached hydrogen (secondary N) is 2. The highest BCUT2D eigenvalue weighted by atomic mass is 35.5. The second kappa shape index (κ2) is 8.52. The molecule has 0 saturated heterocycles. The van der Waals surface area contributed by atoms with Crippen LogP contribution in [0, 0.1) is 5.82 Å². The number of benzene rings is 2. The van der Waals surface area contributed by atoms with Gasteiger partial charge in [-0.25, -0.2) is 4.39 Å². The summed E-state index contributed by atoms with van der Waals surface area (Å²) >= 11 is 12.3. The SMILES string of the molecule is Cn1nc(NCc2cc3c(Cl)c[nH]c3cc2F)c2cc(Cc3ccc4ncc(Cl)cc4c3)ncc21. The van der Waals surface area contributed by atoms with E-state index < -0.39 is 0 Å². The quantitative estimate of drug-likeness (QED) is 0.275. The van der Waals surface area contributed by atoms with Crippen molar-refractivity contribution in [3.05, 3.63) is 93.7 Å². The summed E-state index contributed by atoms with van der Waals surface area (Å²) < 4.78 is 16.4. The Morgan fingerprint density at radius 2 is 1.91 bits per heavy atom. The Labute approximate surface area is 209 Å². The van der Waals surface area contributed by atoms with Crippen molar-refractivity contribution in [3.63, 3.8) is 0 Å². The molecule has 0 unspecified atom stereocenters. The van der Waals surface area contributed by atoms with Crippen molar-refractivity contribution in [1.29, 1.82) is 0 Å². The molecular formula is C26H19Cl2FN6. The second-order valence-electron chi connectivity index (χ2n) is 8.50. The number of halogens is 3. The van der Waals surface area contributed by atoms with Gasteiger partial charge in [0.05, 0.1) is 27.3 Å². The summed E-state index contributed by atoms with van der Waals surface area (Å²) in [5.74, 6) is 0.359. The summed E-state index contributed by atoms with van der Waals surface area (Å²) in [7, 11) is 1.86. The zero-order valence-corrected chi connectivity index (χ0v) is 20.1. The van der Waals surface area contributed by atoms with E-state index in [1.807, 2.05) is 37.5 Å². The number of aromatic amines is 1. The number of aryl methyl sites for hydroxylation is 1. The highest BCUT2D eigenvalue weighted by Crippen LogP contribution is 2.28. The van der Waals surface area contributed by atoms with Crippen LogP contribution >= 0.6 is 23.2 Å². The number of aromatic nitrogens is 5. The summed E-state index contributed by atoms with van der Waals surface area (Å²) in [5.41, 5.74) is 4.96. The standard InChI is InChI=1S/C26H19Cl2FN6/c1-35-25-13-30-18(5-14-2-3-23-15(4-14)6-17(27)11-31-23)8-20(25)26(34-35)33-10-16-7-19-21(28)12-32-24(19)9-22(16)29/h2-4,6-9,11-13,32H,5,10H2,1H3,(H,33,34). The van der Waals surface area contributed by atoms with Crippen LogP contribution in [-0.2, 0) is 20.0 Å². The Hall–Kier alpha value is -3.68. The molecule has 6 rings (SSSR count). The third-order valence-corrected chi connectivity index (χ3v) is 6.65. The number of rotatable bonds is 5. The molecule has 0 aliphatic heterocycles. The number of fused-ring (bicyclic) bond motifs is 3. The van der Waals surface area contributed by atoms with Crippen LogP contribution < -0.4 is 5.32 Å². The van der Waals surface area contributed by atoms with Crippen LogP contribution in [0.4, 0.5) is 10.2 Å². The number of nitrogens with zero attached hydrogens (tertiary/aromatic N) is 4. The van der Waals surface area contributed by atoms with Crippen LogP contribution in [0.25, 0.3) is 32.7 Å². The molecule has 0 aliphatic rings. The van der Waals surface area contributed by atoms with E-state index in [0.717, 1.165) is 38.4 Å². The molecule has 0 saturated carbocycles. The monoisotopic (exact) mass is 504 g/mol. The molecule has 2 N–H and O–H groups in total. The Kier molecular flexibility index (Phi) is 5.31. The molecule has 0 fully saturated rings. The van der Waals surface area contributed by atoms with Crippen LogP contribution in [0.5, 0.6) is 0 Å². The van der Waals surface area contributed by atoms with Crippen molar-refractivity contribution in [1.82, 2.24) is 24.7 Å². The normalized spacial score (nSPS) is 11.7. The van der Waals surface area contributed by atoms with Crippen molar-refractivity contribution in [2.45, 2.75) is 13.0 Å². The largest absolute Gasteiger partial charge is 0.364 e. The van der Waals surface area contributed by atoms with Gasteiger partial charge in [-0.1, -0.05) is 29.3 Å². The van der Waals surface area contributed by atoms with Crippen molar-refractivity contribution in [3.8, 4) is 0 Å². The third kappa shape index (κ3) is 4.07. The minimum atomic E-state index is -0.308. The van der Waals surface area contributed by atoms with Gasteiger partial charge in [0.25, 0.3) is 0 Å². The van der Waals surface area contributed by atoms with E-state index in [2.05, 4.69) is 31.4 Å². The summed E-state index contributed by atoms with van der Waals surface area (Å²) in [6.45, 7) is 0.269. The lowest BCUT2D eigenvalue weighted by molar-refractivity contribution is 0.614. The van der Waals surface area contributed by atoms with Gasteiger partial charge in [-0.3, -0.25) is 14.6 Å². The van der Waals surface area contributed by atoms with Gasteiger partial charge in [0.2, 0.25) is 0 Å². The molecule has 0 bridgehead atoms. The number of H-pyrrole nitrogens is 1. The van der Waals surface area contributed by atoms with E-state index in [1.165, 1.54) is 6.07 Å². The zero-order valence-electron chi connectivity index (χ0n) is 18.6. The van der Waals surface area contributed by atoms with Crippen molar-refractivity contribution >= 4 is 61.7 Å². The average Bonchev–Trinajstić information content (AvgIpc) is 3.35. The molecule has 0 spiro atoms. The Bertz CT molecular complexity index is 1740. The first-order chi connectivity index (χ1) is 16.9. The molecule has 35 heavy (non-hydrogen) atoms. The van der Waals surface area contributed by atoms with Crippen molar-refractivity contribution < 1.29 is 4.39 Å². The lowest BCUT2D eigenvalue weighted by atomic mass is 10.1. The lowest BCUT2D eigenvalue weighted by Gasteiger charge is -2.07. The van der Waals surface area contributed by atoms with Crippen LogP contribution in [0.15, 0.2) is 61.1 Å². The molecule has 0 atom stereocenters. The van der Waals surface area contributed by atoms with Gasteiger partial charge in [0.15, 0.2) is 5.82 Å². The van der Waals surface area contributed by atoms with E-state index in [-0.39, 0.29) is 12.4 Å². The summed E-state index contributed by atoms with van der Waals surface area (Å²) in [5, 5.41) is 11.7. The van der Waals surface area contributed by atoms with Crippen LogP contribution in [-0.4, -0.2) is 24.7 Å². The number of pyridine rings is 2. The van der Waals surface area contributed by atoms with Gasteiger partial charge < -0.3 is 10.3 Å². The van der Waals surface area contributed by atoms with Crippen LogP contribution in [0.2, 0.25) is 10.0 Å². The Balaban J connectivity index is 1.29. The van der Waals surface area contributed by atoms with Gasteiger partial charge in [-0.2, -0.15) is 5.10 Å². The summed E-state index contributed by atoms with van der Waals surface area (Å²) in [6.07, 6.45) is 5.76. The van der Waals surface area contributed by atoms with E-state index in [1.54, 1.807) is 23.1 Å². The maximum atomic E-state index is 14.6. The number of anilines is 1. The third-order valence-electron chi connectivity index (χ3n) is 6.14. The van der Waals surface area contributed by atoms with E-state index in [9.17, 15) is 4.39 Å². The lowest BCUT2D eigenvalue weighted by Crippen LogP contribution is -2.03. The van der Waals surface area contributed by atoms with Gasteiger partial charge in [-0.05, 0) is 42.0 Å². The minimum absolute atomic E-state index is 0.269. The fraction of sp³-hybridized carbons (Fsp3) is 0.115. The molecule has 6 nitrogen and oxygen atoms in total. The maximum absolute atomic E-state index is 14.6. The molecule has 2 aromatic carbocycles. The topological polar surface area (TPSA) is 71.4 Å².